The second kappa shape index (κ2) is 4.65. The van der Waals surface area contributed by atoms with E-state index in [1.807, 2.05) is 36.4 Å². The van der Waals surface area contributed by atoms with Crippen LogP contribution in [0.2, 0.25) is 0 Å². The molecule has 0 aliphatic heterocycles. The Kier molecular flexibility index (Phi) is 3.24. The zero-order chi connectivity index (χ0) is 11.5. The summed E-state index contributed by atoms with van der Waals surface area (Å²) < 4.78 is 0.948. The third-order valence-corrected chi connectivity index (χ3v) is 3.19. The smallest absolute Gasteiger partial charge is 0.335 e. The summed E-state index contributed by atoms with van der Waals surface area (Å²) in [5.74, 6) is -0.891. The van der Waals surface area contributed by atoms with Crippen molar-refractivity contribution in [1.29, 1.82) is 0 Å². The van der Waals surface area contributed by atoms with Gasteiger partial charge in [0, 0.05) is 3.57 Å². The average molecular weight is 324 g/mol. The summed E-state index contributed by atoms with van der Waals surface area (Å²) in [6, 6.07) is 15.1. The Morgan fingerprint density at radius 3 is 2.31 bits per heavy atom. The van der Waals surface area contributed by atoms with Gasteiger partial charge in [-0.2, -0.15) is 0 Å². The maximum atomic E-state index is 10.8. The van der Waals surface area contributed by atoms with Crippen molar-refractivity contribution < 1.29 is 9.90 Å². The molecule has 80 valence electrons. The minimum Gasteiger partial charge on any atom is -0.478 e. The summed E-state index contributed by atoms with van der Waals surface area (Å²) >= 11 is 2.16. The zero-order valence-electron chi connectivity index (χ0n) is 8.35. The molecule has 2 rings (SSSR count). The Hall–Kier alpha value is -1.36. The predicted molar refractivity (Wildman–Crippen MR) is 71.6 cm³/mol. The highest BCUT2D eigenvalue weighted by Crippen LogP contribution is 2.25. The Bertz CT molecular complexity index is 521. The first-order valence-electron chi connectivity index (χ1n) is 4.77. The molecule has 0 spiro atoms. The highest BCUT2D eigenvalue weighted by Gasteiger charge is 2.07. The topological polar surface area (TPSA) is 37.3 Å². The molecular formula is C13H9IO2. The summed E-state index contributed by atoms with van der Waals surface area (Å²) in [5.41, 5.74) is 2.49. The van der Waals surface area contributed by atoms with Crippen LogP contribution in [-0.2, 0) is 0 Å². The van der Waals surface area contributed by atoms with Gasteiger partial charge in [-0.3, -0.25) is 0 Å². The molecule has 2 nitrogen and oxygen atoms in total. The standard InChI is InChI=1S/C13H9IO2/c14-12-8-10(13(15)16)6-7-11(12)9-4-2-1-3-5-9/h1-8H,(H,15,16). The summed E-state index contributed by atoms with van der Waals surface area (Å²) in [6.45, 7) is 0. The van der Waals surface area contributed by atoms with Gasteiger partial charge in [0.05, 0.1) is 5.56 Å². The average Bonchev–Trinajstić information content (AvgIpc) is 2.30. The molecule has 0 heterocycles. The Balaban J connectivity index is 2.48. The van der Waals surface area contributed by atoms with Gasteiger partial charge in [0.2, 0.25) is 0 Å². The van der Waals surface area contributed by atoms with Crippen LogP contribution in [0.5, 0.6) is 0 Å². The summed E-state index contributed by atoms with van der Waals surface area (Å²) in [4.78, 5) is 10.8. The number of carboxylic acids is 1. The molecule has 2 aromatic rings. The molecular weight excluding hydrogens is 315 g/mol. The number of carboxylic acid groups (broad SMARTS) is 1. The molecule has 1 N–H and O–H groups in total. The number of halogens is 1. The Labute approximate surface area is 107 Å². The molecule has 0 aliphatic carbocycles. The second-order valence-corrected chi connectivity index (χ2v) is 4.53. The van der Waals surface area contributed by atoms with Crippen LogP contribution in [0.25, 0.3) is 11.1 Å². The van der Waals surface area contributed by atoms with Gasteiger partial charge in [0.15, 0.2) is 0 Å². The number of hydrogen-bond acceptors (Lipinski definition) is 1. The summed E-state index contributed by atoms with van der Waals surface area (Å²) in [6.07, 6.45) is 0. The van der Waals surface area contributed by atoms with E-state index in [1.54, 1.807) is 12.1 Å². The number of carbonyl (C=O) groups is 1. The molecule has 0 aromatic heterocycles. The number of aromatic carboxylic acids is 1. The van der Waals surface area contributed by atoms with E-state index in [1.165, 1.54) is 0 Å². The second-order valence-electron chi connectivity index (χ2n) is 3.37. The van der Waals surface area contributed by atoms with Gasteiger partial charge in [0.1, 0.15) is 0 Å². The number of hydrogen-bond donors (Lipinski definition) is 1. The van der Waals surface area contributed by atoms with Crippen LogP contribution in [0, 0.1) is 3.57 Å². The van der Waals surface area contributed by atoms with Gasteiger partial charge < -0.3 is 5.11 Å². The van der Waals surface area contributed by atoms with E-state index in [0.717, 1.165) is 14.7 Å². The van der Waals surface area contributed by atoms with Crippen LogP contribution in [0.1, 0.15) is 10.4 Å². The van der Waals surface area contributed by atoms with E-state index in [9.17, 15) is 4.79 Å². The quantitative estimate of drug-likeness (QED) is 0.856. The molecule has 0 saturated carbocycles. The minimum absolute atomic E-state index is 0.323. The Morgan fingerprint density at radius 1 is 1.06 bits per heavy atom. The van der Waals surface area contributed by atoms with Gasteiger partial charge in [-0.05, 0) is 45.9 Å². The van der Waals surface area contributed by atoms with E-state index >= 15 is 0 Å². The predicted octanol–water partition coefficient (Wildman–Crippen LogP) is 3.66. The van der Waals surface area contributed by atoms with Crippen molar-refractivity contribution in [2.24, 2.45) is 0 Å². The lowest BCUT2D eigenvalue weighted by Crippen LogP contribution is -1.97. The first kappa shape index (κ1) is 11.1. The van der Waals surface area contributed by atoms with Crippen molar-refractivity contribution in [3.63, 3.8) is 0 Å². The van der Waals surface area contributed by atoms with Gasteiger partial charge in [0.25, 0.3) is 0 Å². The maximum absolute atomic E-state index is 10.8. The maximum Gasteiger partial charge on any atom is 0.335 e. The highest BCUT2D eigenvalue weighted by atomic mass is 127. The fourth-order valence-electron chi connectivity index (χ4n) is 1.50. The molecule has 0 saturated heterocycles. The van der Waals surface area contributed by atoms with Crippen molar-refractivity contribution in [2.75, 3.05) is 0 Å². The van der Waals surface area contributed by atoms with Gasteiger partial charge in [-0.25, -0.2) is 4.79 Å². The third-order valence-electron chi connectivity index (χ3n) is 2.30. The molecule has 0 unspecified atom stereocenters. The minimum atomic E-state index is -0.891. The van der Waals surface area contributed by atoms with Gasteiger partial charge in [-0.15, -0.1) is 0 Å². The zero-order valence-corrected chi connectivity index (χ0v) is 10.5. The first-order valence-corrected chi connectivity index (χ1v) is 5.84. The van der Waals surface area contributed by atoms with Gasteiger partial charge in [-0.1, -0.05) is 36.4 Å². The van der Waals surface area contributed by atoms with Crippen molar-refractivity contribution in [3.05, 3.63) is 57.7 Å². The van der Waals surface area contributed by atoms with E-state index in [-0.39, 0.29) is 0 Å². The van der Waals surface area contributed by atoms with Crippen LogP contribution in [0.15, 0.2) is 48.5 Å². The number of rotatable bonds is 2. The fraction of sp³-hybridized carbons (Fsp3) is 0. The molecule has 3 heteroatoms. The largest absolute Gasteiger partial charge is 0.478 e. The highest BCUT2D eigenvalue weighted by molar-refractivity contribution is 14.1. The van der Waals surface area contributed by atoms with Crippen LogP contribution in [0.4, 0.5) is 0 Å². The summed E-state index contributed by atoms with van der Waals surface area (Å²) in [7, 11) is 0. The van der Waals surface area contributed by atoms with Crippen LogP contribution >= 0.6 is 22.6 Å². The first-order chi connectivity index (χ1) is 7.68. The summed E-state index contributed by atoms with van der Waals surface area (Å²) in [5, 5.41) is 8.87. The molecule has 16 heavy (non-hydrogen) atoms. The number of benzene rings is 2. The monoisotopic (exact) mass is 324 g/mol. The van der Waals surface area contributed by atoms with Gasteiger partial charge >= 0.3 is 5.97 Å². The van der Waals surface area contributed by atoms with Crippen molar-refractivity contribution in [2.45, 2.75) is 0 Å². The lowest BCUT2D eigenvalue weighted by atomic mass is 10.0. The molecule has 0 amide bonds. The molecule has 0 fully saturated rings. The SMILES string of the molecule is O=C(O)c1ccc(-c2ccccc2)c(I)c1. The molecule has 0 atom stereocenters. The van der Waals surface area contributed by atoms with E-state index in [0.29, 0.717) is 5.56 Å². The third kappa shape index (κ3) is 2.24. The van der Waals surface area contributed by atoms with Crippen LogP contribution in [-0.4, -0.2) is 11.1 Å². The fourth-order valence-corrected chi connectivity index (χ4v) is 2.33. The van der Waals surface area contributed by atoms with Crippen LogP contribution < -0.4 is 0 Å². The van der Waals surface area contributed by atoms with E-state index < -0.39 is 5.97 Å². The van der Waals surface area contributed by atoms with Crippen molar-refractivity contribution in [3.8, 4) is 11.1 Å². The molecule has 2 aromatic carbocycles. The van der Waals surface area contributed by atoms with E-state index in [2.05, 4.69) is 22.6 Å². The van der Waals surface area contributed by atoms with Crippen molar-refractivity contribution in [1.82, 2.24) is 0 Å². The molecule has 0 aliphatic rings. The molecule has 0 bridgehead atoms. The van der Waals surface area contributed by atoms with E-state index in [4.69, 9.17) is 5.11 Å². The Morgan fingerprint density at radius 2 is 1.75 bits per heavy atom. The lowest BCUT2D eigenvalue weighted by Gasteiger charge is -2.05. The normalized spacial score (nSPS) is 10.1. The van der Waals surface area contributed by atoms with Crippen molar-refractivity contribution >= 4 is 28.6 Å². The molecule has 0 radical (unpaired) electrons. The lowest BCUT2D eigenvalue weighted by molar-refractivity contribution is 0.0697. The van der Waals surface area contributed by atoms with Crippen LogP contribution in [0.3, 0.4) is 0 Å².